The SMILES string of the molecule is O=C(Nc1cn2nc(Sc3nnc4ccc(-c5ccc(N6CCNCC6)cc5)cn34)ccc2n1)C1CC1. The quantitative estimate of drug-likeness (QED) is 0.358. The van der Waals surface area contributed by atoms with Gasteiger partial charge in [0.25, 0.3) is 0 Å². The molecule has 1 aromatic carbocycles. The van der Waals surface area contributed by atoms with Gasteiger partial charge in [-0.25, -0.2) is 9.50 Å². The Bertz CT molecular complexity index is 1600. The van der Waals surface area contributed by atoms with E-state index in [-0.39, 0.29) is 11.8 Å². The molecule has 0 spiro atoms. The van der Waals surface area contributed by atoms with Crippen LogP contribution in [0.5, 0.6) is 0 Å². The van der Waals surface area contributed by atoms with Crippen molar-refractivity contribution in [2.45, 2.75) is 23.0 Å². The lowest BCUT2D eigenvalue weighted by Crippen LogP contribution is -2.43. The van der Waals surface area contributed by atoms with Gasteiger partial charge in [-0.2, -0.15) is 5.10 Å². The molecular weight excluding hydrogens is 486 g/mol. The van der Waals surface area contributed by atoms with Gasteiger partial charge in [0.05, 0.1) is 6.20 Å². The summed E-state index contributed by atoms with van der Waals surface area (Å²) in [5.74, 6) is 0.675. The maximum absolute atomic E-state index is 12.1. The van der Waals surface area contributed by atoms with Crippen LogP contribution in [0.4, 0.5) is 11.5 Å². The van der Waals surface area contributed by atoms with Crippen molar-refractivity contribution < 1.29 is 4.79 Å². The van der Waals surface area contributed by atoms with Crippen LogP contribution in [-0.2, 0) is 4.79 Å². The van der Waals surface area contributed by atoms with Crippen LogP contribution in [0.3, 0.4) is 0 Å². The predicted octanol–water partition coefficient (Wildman–Crippen LogP) is 3.35. The fraction of sp³-hybridized carbons (Fsp3) is 0.269. The number of carbonyl (C=O) groups is 1. The van der Waals surface area contributed by atoms with Gasteiger partial charge in [-0.1, -0.05) is 12.1 Å². The normalized spacial score (nSPS) is 15.9. The molecule has 0 bridgehead atoms. The zero-order chi connectivity index (χ0) is 24.8. The Kier molecular flexibility index (Phi) is 5.51. The average molecular weight is 512 g/mol. The Balaban J connectivity index is 1.12. The number of hydrogen-bond acceptors (Lipinski definition) is 8. The molecule has 5 heterocycles. The molecule has 37 heavy (non-hydrogen) atoms. The van der Waals surface area contributed by atoms with Crippen molar-refractivity contribution in [3.63, 3.8) is 0 Å². The third kappa shape index (κ3) is 4.51. The zero-order valence-electron chi connectivity index (χ0n) is 20.0. The van der Waals surface area contributed by atoms with Crippen molar-refractivity contribution in [2.75, 3.05) is 36.4 Å². The number of carbonyl (C=O) groups excluding carboxylic acids is 1. The molecule has 4 aromatic heterocycles. The summed E-state index contributed by atoms with van der Waals surface area (Å²) in [4.78, 5) is 18.9. The molecule has 2 aliphatic rings. The third-order valence-electron chi connectivity index (χ3n) is 6.74. The molecule has 1 aliphatic carbocycles. The monoisotopic (exact) mass is 511 g/mol. The lowest BCUT2D eigenvalue weighted by atomic mass is 10.1. The lowest BCUT2D eigenvalue weighted by molar-refractivity contribution is -0.117. The molecule has 0 atom stereocenters. The molecule has 1 saturated carbocycles. The van der Waals surface area contributed by atoms with Crippen LogP contribution in [0.15, 0.2) is 71.1 Å². The minimum atomic E-state index is 0.0298. The highest BCUT2D eigenvalue weighted by atomic mass is 32.2. The van der Waals surface area contributed by atoms with E-state index >= 15 is 0 Å². The van der Waals surface area contributed by atoms with E-state index in [9.17, 15) is 4.79 Å². The zero-order valence-corrected chi connectivity index (χ0v) is 20.9. The summed E-state index contributed by atoms with van der Waals surface area (Å²) in [7, 11) is 0. The van der Waals surface area contributed by atoms with E-state index in [0.717, 1.165) is 66.0 Å². The Hall–Kier alpha value is -3.96. The van der Waals surface area contributed by atoms with Gasteiger partial charge >= 0.3 is 0 Å². The number of anilines is 2. The molecule has 2 fully saturated rings. The summed E-state index contributed by atoms with van der Waals surface area (Å²) in [6, 6.07) is 16.6. The maximum Gasteiger partial charge on any atom is 0.228 e. The number of imidazole rings is 1. The summed E-state index contributed by atoms with van der Waals surface area (Å²) < 4.78 is 3.67. The predicted molar refractivity (Wildman–Crippen MR) is 142 cm³/mol. The second-order valence-corrected chi connectivity index (χ2v) is 10.4. The van der Waals surface area contributed by atoms with Gasteiger partial charge in [0.1, 0.15) is 5.03 Å². The summed E-state index contributed by atoms with van der Waals surface area (Å²) in [5.41, 5.74) is 4.94. The van der Waals surface area contributed by atoms with Crippen molar-refractivity contribution in [1.82, 2.24) is 34.5 Å². The lowest BCUT2D eigenvalue weighted by Gasteiger charge is -2.29. The number of pyridine rings is 1. The van der Waals surface area contributed by atoms with Gasteiger partial charge in [0.2, 0.25) is 11.1 Å². The number of amides is 1. The first-order chi connectivity index (χ1) is 18.2. The Morgan fingerprint density at radius 3 is 2.51 bits per heavy atom. The number of rotatable bonds is 6. The maximum atomic E-state index is 12.1. The molecule has 0 unspecified atom stereocenters. The number of nitrogens with one attached hydrogen (secondary N) is 2. The summed E-state index contributed by atoms with van der Waals surface area (Å²) >= 11 is 1.43. The first kappa shape index (κ1) is 22.3. The fourth-order valence-corrected chi connectivity index (χ4v) is 5.32. The number of aromatic nitrogens is 6. The molecule has 7 rings (SSSR count). The van der Waals surface area contributed by atoms with Crippen molar-refractivity contribution in [1.29, 1.82) is 0 Å². The molecule has 1 saturated heterocycles. The topological polar surface area (TPSA) is 105 Å². The highest BCUT2D eigenvalue weighted by Gasteiger charge is 2.30. The molecule has 1 amide bonds. The number of piperazine rings is 1. The first-order valence-electron chi connectivity index (χ1n) is 12.5. The van der Waals surface area contributed by atoms with Crippen molar-refractivity contribution >= 4 is 40.5 Å². The Labute approximate surface area is 217 Å². The molecule has 11 heteroatoms. The Morgan fingerprint density at radius 1 is 0.919 bits per heavy atom. The van der Waals surface area contributed by atoms with Gasteiger partial charge < -0.3 is 15.5 Å². The van der Waals surface area contributed by atoms with Gasteiger partial charge in [0.15, 0.2) is 17.1 Å². The van der Waals surface area contributed by atoms with Crippen LogP contribution in [0.2, 0.25) is 0 Å². The summed E-state index contributed by atoms with van der Waals surface area (Å²) in [6.07, 6.45) is 5.71. The van der Waals surface area contributed by atoms with Crippen LogP contribution in [0.25, 0.3) is 22.4 Å². The second-order valence-electron chi connectivity index (χ2n) is 9.38. The molecule has 1 aliphatic heterocycles. The molecule has 5 aromatic rings. The number of hydrogen-bond donors (Lipinski definition) is 2. The van der Waals surface area contributed by atoms with E-state index in [2.05, 4.69) is 72.3 Å². The second kappa shape index (κ2) is 9.16. The van der Waals surface area contributed by atoms with Crippen LogP contribution < -0.4 is 15.5 Å². The fourth-order valence-electron chi connectivity index (χ4n) is 4.54. The van der Waals surface area contributed by atoms with Crippen molar-refractivity contribution in [3.8, 4) is 11.1 Å². The van der Waals surface area contributed by atoms with Gasteiger partial charge in [-0.05, 0) is 72.1 Å². The minimum Gasteiger partial charge on any atom is -0.369 e. The highest BCUT2D eigenvalue weighted by molar-refractivity contribution is 7.99. The van der Waals surface area contributed by atoms with E-state index in [4.69, 9.17) is 0 Å². The Morgan fingerprint density at radius 2 is 1.70 bits per heavy atom. The summed E-state index contributed by atoms with van der Waals surface area (Å²) in [5, 5.41) is 21.1. The van der Waals surface area contributed by atoms with Gasteiger partial charge in [-0.15, -0.1) is 10.2 Å². The number of fused-ring (bicyclic) bond motifs is 2. The van der Waals surface area contributed by atoms with E-state index < -0.39 is 0 Å². The number of benzene rings is 1. The van der Waals surface area contributed by atoms with Crippen LogP contribution in [0, 0.1) is 5.92 Å². The summed E-state index contributed by atoms with van der Waals surface area (Å²) in [6.45, 7) is 4.10. The van der Waals surface area contributed by atoms with Crippen LogP contribution in [0.1, 0.15) is 12.8 Å². The smallest absolute Gasteiger partial charge is 0.228 e. The van der Waals surface area contributed by atoms with Gasteiger partial charge in [-0.3, -0.25) is 9.20 Å². The molecular formula is C26H25N9OS. The van der Waals surface area contributed by atoms with Crippen molar-refractivity contribution in [3.05, 3.63) is 60.9 Å². The molecule has 186 valence electrons. The van der Waals surface area contributed by atoms with Crippen molar-refractivity contribution in [2.24, 2.45) is 5.92 Å². The van der Waals surface area contributed by atoms with Gasteiger partial charge in [0, 0.05) is 44.0 Å². The van der Waals surface area contributed by atoms with E-state index in [0.29, 0.717) is 11.5 Å². The highest BCUT2D eigenvalue weighted by Crippen LogP contribution is 2.31. The number of nitrogens with zero attached hydrogens (tertiary/aromatic N) is 7. The van der Waals surface area contributed by atoms with E-state index in [1.807, 2.05) is 22.6 Å². The minimum absolute atomic E-state index is 0.0298. The molecule has 10 nitrogen and oxygen atoms in total. The van der Waals surface area contributed by atoms with E-state index in [1.165, 1.54) is 17.4 Å². The average Bonchev–Trinajstić information content (AvgIpc) is 3.61. The third-order valence-corrected chi connectivity index (χ3v) is 7.63. The molecule has 0 radical (unpaired) electrons. The van der Waals surface area contributed by atoms with E-state index in [1.54, 1.807) is 10.7 Å². The molecule has 2 N–H and O–H groups in total. The van der Waals surface area contributed by atoms with Crippen LogP contribution in [-0.4, -0.2) is 61.3 Å². The standard InChI is InChI=1S/C26H25N9OS/c36-25(18-1-2-18)29-21-16-35-22(28-21)9-10-24(32-35)37-26-31-30-23-8-5-19(15-34(23)26)17-3-6-20(7-4-17)33-13-11-27-12-14-33/h3-10,15-16,18,27H,1-2,11-14H2,(H,29,36). The largest absolute Gasteiger partial charge is 0.369 e. The van der Waals surface area contributed by atoms with Crippen LogP contribution >= 0.6 is 11.8 Å². The first-order valence-corrected chi connectivity index (χ1v) is 13.3.